The maximum atomic E-state index is 14.0. The van der Waals surface area contributed by atoms with Crippen LogP contribution in [0.5, 0.6) is 0 Å². The van der Waals surface area contributed by atoms with Gasteiger partial charge in [-0.15, -0.1) is 0 Å². The van der Waals surface area contributed by atoms with Crippen molar-refractivity contribution in [3.05, 3.63) is 34.6 Å². The highest BCUT2D eigenvalue weighted by molar-refractivity contribution is 6.30. The maximum Gasteiger partial charge on any atom is 0.309 e. The Bertz CT molecular complexity index is 508. The molecule has 1 fully saturated rings. The summed E-state index contributed by atoms with van der Waals surface area (Å²) in [5.74, 6) is -0.580. The quantitative estimate of drug-likeness (QED) is 0.823. The first-order valence-electron chi connectivity index (χ1n) is 7.64. The van der Waals surface area contributed by atoms with Gasteiger partial charge in [0.25, 0.3) is 0 Å². The van der Waals surface area contributed by atoms with E-state index in [1.807, 2.05) is 0 Å². The Morgan fingerprint density at radius 3 is 2.62 bits per heavy atom. The highest BCUT2D eigenvalue weighted by Crippen LogP contribution is 2.43. The first kappa shape index (κ1) is 16.3. The van der Waals surface area contributed by atoms with Crippen molar-refractivity contribution in [3.8, 4) is 0 Å². The third kappa shape index (κ3) is 3.76. The highest BCUT2D eigenvalue weighted by Gasteiger charge is 2.42. The summed E-state index contributed by atoms with van der Waals surface area (Å²) in [6, 6.07) is 4.49. The van der Waals surface area contributed by atoms with E-state index in [1.54, 1.807) is 12.1 Å². The molecular formula is C17H22ClFO2. The third-order valence-electron chi connectivity index (χ3n) is 4.76. The average molecular weight is 313 g/mol. The first-order valence-corrected chi connectivity index (χ1v) is 8.02. The molecule has 4 heteroatoms. The highest BCUT2D eigenvalue weighted by atomic mass is 35.5. The molecule has 0 bridgehead atoms. The van der Waals surface area contributed by atoms with E-state index in [-0.39, 0.29) is 6.42 Å². The predicted octanol–water partition coefficient (Wildman–Crippen LogP) is 5.08. The number of carboxylic acid groups (broad SMARTS) is 1. The van der Waals surface area contributed by atoms with Crippen LogP contribution in [0.15, 0.2) is 18.2 Å². The van der Waals surface area contributed by atoms with E-state index in [4.69, 9.17) is 11.6 Å². The monoisotopic (exact) mass is 312 g/mol. The minimum atomic E-state index is -0.821. The van der Waals surface area contributed by atoms with Gasteiger partial charge in [0, 0.05) is 5.02 Å². The summed E-state index contributed by atoms with van der Waals surface area (Å²) in [7, 11) is 0. The van der Waals surface area contributed by atoms with Crippen LogP contribution in [-0.4, -0.2) is 11.1 Å². The van der Waals surface area contributed by atoms with Gasteiger partial charge in [0.15, 0.2) is 0 Å². The van der Waals surface area contributed by atoms with Crippen molar-refractivity contribution < 1.29 is 14.3 Å². The van der Waals surface area contributed by atoms with Crippen LogP contribution in [-0.2, 0) is 11.2 Å². The summed E-state index contributed by atoms with van der Waals surface area (Å²) in [5.41, 5.74) is -0.366. The van der Waals surface area contributed by atoms with Crippen LogP contribution in [0.1, 0.15) is 51.0 Å². The fraction of sp³-hybridized carbons (Fsp3) is 0.588. The zero-order valence-electron chi connectivity index (χ0n) is 12.4. The number of halogens is 2. The minimum Gasteiger partial charge on any atom is -0.481 e. The van der Waals surface area contributed by atoms with E-state index in [0.29, 0.717) is 29.3 Å². The molecule has 0 saturated heterocycles. The smallest absolute Gasteiger partial charge is 0.309 e. The lowest BCUT2D eigenvalue weighted by Gasteiger charge is -2.37. The average Bonchev–Trinajstić information content (AvgIpc) is 2.44. The minimum absolute atomic E-state index is 0.254. The molecule has 2 nitrogen and oxygen atoms in total. The molecule has 1 aromatic rings. The predicted molar refractivity (Wildman–Crippen MR) is 82.0 cm³/mol. The van der Waals surface area contributed by atoms with E-state index in [0.717, 1.165) is 25.7 Å². The molecule has 1 N–H and O–H groups in total. The standard InChI is InChI=1S/C17H22ClFO2/c1-2-3-12-6-8-17(9-7-12,16(20)21)11-13-4-5-14(18)10-15(13)19/h4-5,10,12H,2-3,6-9,11H2,1H3,(H,20,21). The summed E-state index contributed by atoms with van der Waals surface area (Å²) in [6.45, 7) is 2.15. The fourth-order valence-electron chi connectivity index (χ4n) is 3.42. The van der Waals surface area contributed by atoms with Gasteiger partial charge in [-0.25, -0.2) is 4.39 Å². The van der Waals surface area contributed by atoms with Gasteiger partial charge in [-0.05, 0) is 55.7 Å². The van der Waals surface area contributed by atoms with Crippen LogP contribution in [0.2, 0.25) is 5.02 Å². The SMILES string of the molecule is CCCC1CCC(Cc2ccc(Cl)cc2F)(C(=O)O)CC1. The van der Waals surface area contributed by atoms with Gasteiger partial charge in [-0.2, -0.15) is 0 Å². The Labute approximate surface area is 130 Å². The Balaban J connectivity index is 2.15. The number of rotatable bonds is 5. The van der Waals surface area contributed by atoms with Crippen LogP contribution in [0.4, 0.5) is 4.39 Å². The fourth-order valence-corrected chi connectivity index (χ4v) is 3.58. The Hall–Kier alpha value is -1.09. The van der Waals surface area contributed by atoms with Gasteiger partial charge in [0.05, 0.1) is 5.41 Å². The second-order valence-corrected chi connectivity index (χ2v) is 6.67. The van der Waals surface area contributed by atoms with E-state index >= 15 is 0 Å². The van der Waals surface area contributed by atoms with Gasteiger partial charge in [-0.1, -0.05) is 37.4 Å². The zero-order valence-corrected chi connectivity index (χ0v) is 13.1. The molecule has 0 spiro atoms. The lowest BCUT2D eigenvalue weighted by atomic mass is 9.66. The molecule has 2 rings (SSSR count). The lowest BCUT2D eigenvalue weighted by molar-refractivity contribution is -0.151. The number of hydrogen-bond donors (Lipinski definition) is 1. The molecule has 116 valence electrons. The molecule has 0 aromatic heterocycles. The first-order chi connectivity index (χ1) is 9.97. The van der Waals surface area contributed by atoms with Gasteiger partial charge in [0.1, 0.15) is 5.82 Å². The number of carboxylic acids is 1. The van der Waals surface area contributed by atoms with E-state index in [9.17, 15) is 14.3 Å². The summed E-state index contributed by atoms with van der Waals surface area (Å²) in [6.07, 6.45) is 5.67. The Kier molecular flexibility index (Phi) is 5.26. The molecule has 21 heavy (non-hydrogen) atoms. The maximum absolute atomic E-state index is 14.0. The molecule has 1 aliphatic carbocycles. The second kappa shape index (κ2) is 6.78. The molecule has 0 unspecified atom stereocenters. The van der Waals surface area contributed by atoms with E-state index in [2.05, 4.69) is 6.92 Å². The van der Waals surface area contributed by atoms with Crippen LogP contribution in [0, 0.1) is 17.2 Å². The summed E-state index contributed by atoms with van der Waals surface area (Å²) in [5, 5.41) is 10.0. The molecule has 0 amide bonds. The number of aliphatic carboxylic acids is 1. The number of carbonyl (C=O) groups is 1. The Morgan fingerprint density at radius 1 is 1.43 bits per heavy atom. The van der Waals surface area contributed by atoms with Crippen LogP contribution >= 0.6 is 11.6 Å². The van der Waals surface area contributed by atoms with Crippen molar-refractivity contribution >= 4 is 17.6 Å². The molecule has 1 aliphatic rings. The number of hydrogen-bond acceptors (Lipinski definition) is 1. The third-order valence-corrected chi connectivity index (χ3v) is 4.99. The van der Waals surface area contributed by atoms with Crippen molar-refractivity contribution in [3.63, 3.8) is 0 Å². The second-order valence-electron chi connectivity index (χ2n) is 6.23. The normalized spacial score (nSPS) is 25.8. The van der Waals surface area contributed by atoms with Crippen LogP contribution in [0.3, 0.4) is 0 Å². The molecular weight excluding hydrogens is 291 g/mol. The van der Waals surface area contributed by atoms with Gasteiger partial charge in [0.2, 0.25) is 0 Å². The molecule has 1 aromatic carbocycles. The largest absolute Gasteiger partial charge is 0.481 e. The van der Waals surface area contributed by atoms with Crippen molar-refractivity contribution in [2.75, 3.05) is 0 Å². The summed E-state index contributed by atoms with van der Waals surface area (Å²) in [4.78, 5) is 11.8. The molecule has 0 heterocycles. The Morgan fingerprint density at radius 2 is 2.10 bits per heavy atom. The summed E-state index contributed by atoms with van der Waals surface area (Å²) >= 11 is 5.75. The zero-order chi connectivity index (χ0) is 15.5. The van der Waals surface area contributed by atoms with Crippen molar-refractivity contribution in [1.82, 2.24) is 0 Å². The summed E-state index contributed by atoms with van der Waals surface area (Å²) < 4.78 is 14.0. The van der Waals surface area contributed by atoms with E-state index in [1.165, 1.54) is 6.07 Å². The van der Waals surface area contributed by atoms with Crippen molar-refractivity contribution in [2.24, 2.45) is 11.3 Å². The number of benzene rings is 1. The van der Waals surface area contributed by atoms with Gasteiger partial charge in [-0.3, -0.25) is 4.79 Å². The topological polar surface area (TPSA) is 37.3 Å². The van der Waals surface area contributed by atoms with E-state index < -0.39 is 17.2 Å². The molecule has 0 atom stereocenters. The lowest BCUT2D eigenvalue weighted by Crippen LogP contribution is -2.37. The molecule has 0 aliphatic heterocycles. The molecule has 1 saturated carbocycles. The van der Waals surface area contributed by atoms with Crippen LogP contribution in [0.25, 0.3) is 0 Å². The van der Waals surface area contributed by atoms with Crippen molar-refractivity contribution in [1.29, 1.82) is 0 Å². The van der Waals surface area contributed by atoms with Gasteiger partial charge >= 0.3 is 5.97 Å². The van der Waals surface area contributed by atoms with Gasteiger partial charge < -0.3 is 5.11 Å². The molecule has 0 radical (unpaired) electrons. The van der Waals surface area contributed by atoms with Crippen molar-refractivity contribution in [2.45, 2.75) is 51.9 Å². The van der Waals surface area contributed by atoms with Crippen LogP contribution < -0.4 is 0 Å².